The predicted octanol–water partition coefficient (Wildman–Crippen LogP) is 15.9. The quantitative estimate of drug-likeness (QED) is 0.117. The lowest BCUT2D eigenvalue weighted by Gasteiger charge is -2.63. The Balaban J connectivity index is 0.000000928. The maximum absolute atomic E-state index is 6.29. The van der Waals surface area contributed by atoms with Gasteiger partial charge in [0.05, 0.1) is 0 Å². The van der Waals surface area contributed by atoms with E-state index in [1.54, 1.807) is 0 Å². The average molecular weight is 853 g/mol. The van der Waals surface area contributed by atoms with Crippen LogP contribution in [0.3, 0.4) is 0 Å². The molecular weight excluding hydrogens is 769 g/mol. The molecule has 0 spiro atoms. The van der Waals surface area contributed by atoms with Gasteiger partial charge in [-0.15, -0.1) is 0 Å². The molecule has 0 bridgehead atoms. The summed E-state index contributed by atoms with van der Waals surface area (Å²) in [6, 6.07) is 34.2. The van der Waals surface area contributed by atoms with Crippen LogP contribution in [0.15, 0.2) is 97.1 Å². The fourth-order valence-electron chi connectivity index (χ4n) is 13.9. The van der Waals surface area contributed by atoms with Crippen LogP contribution in [0.2, 0.25) is 0 Å². The average Bonchev–Trinajstić information content (AvgIpc) is 3.63. The second-order valence-corrected chi connectivity index (χ2v) is 22.3. The molecule has 4 aromatic rings. The van der Waals surface area contributed by atoms with Crippen molar-refractivity contribution < 1.29 is 9.47 Å². The van der Waals surface area contributed by atoms with E-state index < -0.39 is 0 Å². The lowest BCUT2D eigenvalue weighted by atomic mass is 9.42. The van der Waals surface area contributed by atoms with Gasteiger partial charge in [0.25, 0.3) is 0 Å². The highest BCUT2D eigenvalue weighted by molar-refractivity contribution is 5.45. The highest BCUT2D eigenvalue weighted by Gasteiger charge is 2.62. The first-order chi connectivity index (χ1) is 30.2. The molecule has 8 unspecified atom stereocenters. The van der Waals surface area contributed by atoms with Crippen LogP contribution >= 0.6 is 0 Å². The number of ether oxygens (including phenoxy) is 2. The number of hydrogen-bond donors (Lipinski definition) is 2. The van der Waals surface area contributed by atoms with Crippen LogP contribution in [0.1, 0.15) is 168 Å². The second kappa shape index (κ2) is 20.5. The number of anilines is 2. The molecule has 4 aliphatic rings. The summed E-state index contributed by atoms with van der Waals surface area (Å²) in [4.78, 5) is 0. The minimum Gasteiger partial charge on any atom is -0.489 e. The van der Waals surface area contributed by atoms with E-state index in [0.29, 0.717) is 30.0 Å². The van der Waals surface area contributed by atoms with Crippen LogP contribution in [-0.4, -0.2) is 0 Å². The van der Waals surface area contributed by atoms with Gasteiger partial charge in [0.2, 0.25) is 0 Å². The van der Waals surface area contributed by atoms with E-state index >= 15 is 0 Å². The Morgan fingerprint density at radius 1 is 0.556 bits per heavy atom. The first-order valence-electron chi connectivity index (χ1n) is 25.4. The van der Waals surface area contributed by atoms with E-state index in [9.17, 15) is 0 Å². The zero-order valence-electron chi connectivity index (χ0n) is 40.6. The Morgan fingerprint density at radius 2 is 1.08 bits per heavy atom. The molecule has 4 N–H and O–H groups in total. The molecule has 4 fully saturated rings. The Bertz CT molecular complexity index is 1910. The first kappa shape index (κ1) is 47.1. The van der Waals surface area contributed by atoms with E-state index in [0.717, 1.165) is 75.4 Å². The third-order valence-corrected chi connectivity index (χ3v) is 17.4. The molecule has 8 rings (SSSR count). The third-order valence-electron chi connectivity index (χ3n) is 17.4. The highest BCUT2D eigenvalue weighted by Crippen LogP contribution is 2.70. The molecule has 342 valence electrons. The largest absolute Gasteiger partial charge is 0.489 e. The van der Waals surface area contributed by atoms with E-state index in [2.05, 4.69) is 104 Å². The van der Waals surface area contributed by atoms with Gasteiger partial charge in [0.15, 0.2) is 0 Å². The van der Waals surface area contributed by atoms with Crippen molar-refractivity contribution in [1.29, 1.82) is 0 Å². The van der Waals surface area contributed by atoms with Crippen LogP contribution in [0.25, 0.3) is 0 Å². The molecule has 0 amide bonds. The van der Waals surface area contributed by atoms with Gasteiger partial charge in [-0.3, -0.25) is 0 Å². The van der Waals surface area contributed by atoms with Crippen molar-refractivity contribution in [2.75, 3.05) is 11.5 Å². The molecule has 0 aliphatic heterocycles. The van der Waals surface area contributed by atoms with Crippen molar-refractivity contribution in [1.82, 2.24) is 0 Å². The lowest BCUT2D eigenvalue weighted by molar-refractivity contribution is -0.122. The van der Waals surface area contributed by atoms with E-state index in [4.69, 9.17) is 20.9 Å². The predicted molar refractivity (Wildman–Crippen MR) is 267 cm³/mol. The summed E-state index contributed by atoms with van der Waals surface area (Å²) in [6.45, 7) is 20.7. The fraction of sp³-hybridized carbons (Fsp3) is 0.593. The smallest absolute Gasteiger partial charge is 0.119 e. The van der Waals surface area contributed by atoms with Crippen LogP contribution in [0.4, 0.5) is 11.4 Å². The molecule has 8 atom stereocenters. The maximum atomic E-state index is 6.29. The SMILES string of the molecule is CC(C)CCCC(C)C1CCC2C3CCC4CC(c5ccc(OCc6ccc(N)cc6)cc5)(c5ccc(OCc6ccc(N)cc6)cc5)CCC4(C)C3CCC12C.CCCC(C)C. The molecule has 4 aliphatic carbocycles. The molecule has 0 heterocycles. The lowest BCUT2D eigenvalue weighted by Crippen LogP contribution is -2.55. The summed E-state index contributed by atoms with van der Waals surface area (Å²) in [5, 5.41) is 0. The summed E-state index contributed by atoms with van der Waals surface area (Å²) in [7, 11) is 0. The van der Waals surface area contributed by atoms with Crippen molar-refractivity contribution in [3.05, 3.63) is 119 Å². The summed E-state index contributed by atoms with van der Waals surface area (Å²) >= 11 is 0. The minimum atomic E-state index is -0.0466. The maximum Gasteiger partial charge on any atom is 0.119 e. The van der Waals surface area contributed by atoms with E-state index in [-0.39, 0.29) is 5.41 Å². The number of benzene rings is 4. The zero-order valence-corrected chi connectivity index (χ0v) is 40.6. The monoisotopic (exact) mass is 853 g/mol. The van der Waals surface area contributed by atoms with E-state index in [1.165, 1.54) is 101 Å². The Morgan fingerprint density at radius 3 is 1.57 bits per heavy atom. The molecular formula is C59H84N2O2. The number of nitrogens with two attached hydrogens (primary N) is 2. The molecule has 4 nitrogen and oxygen atoms in total. The van der Waals surface area contributed by atoms with Gasteiger partial charge in [-0.2, -0.15) is 0 Å². The van der Waals surface area contributed by atoms with Gasteiger partial charge in [-0.1, -0.05) is 136 Å². The number of hydrogen-bond acceptors (Lipinski definition) is 4. The van der Waals surface area contributed by atoms with Crippen LogP contribution in [0, 0.1) is 58.2 Å². The molecule has 0 saturated heterocycles. The molecule has 4 heteroatoms. The first-order valence-corrected chi connectivity index (χ1v) is 25.4. The number of fused-ring (bicyclic) bond motifs is 5. The Kier molecular flexibility index (Phi) is 15.3. The van der Waals surface area contributed by atoms with Crippen LogP contribution in [0.5, 0.6) is 11.5 Å². The van der Waals surface area contributed by atoms with Crippen molar-refractivity contribution in [2.45, 2.75) is 164 Å². The second-order valence-electron chi connectivity index (χ2n) is 22.3. The van der Waals surface area contributed by atoms with Gasteiger partial charge in [0.1, 0.15) is 24.7 Å². The van der Waals surface area contributed by atoms with Crippen molar-refractivity contribution >= 4 is 11.4 Å². The van der Waals surface area contributed by atoms with Gasteiger partial charge >= 0.3 is 0 Å². The Hall–Kier alpha value is -3.92. The standard InChI is InChI=1S/C53H70N2O2.C6H14/c1-36(2)7-6-8-37(3)48-27-28-49-47-26-17-42-33-53(32-31-51(42,4)50(47)29-30-52(48,49)5,40-13-22-45(23-14-40)56-34-38-9-18-43(54)19-10-38)41-15-24-46(25-16-41)57-35-39-11-20-44(55)21-12-39;1-4-5-6(2)3/h9-16,18-25,36-37,42,47-50H,6-8,17,26-35,54-55H2,1-5H3;6H,4-5H2,1-3H3. The Labute approximate surface area is 383 Å². The number of nitrogen functional groups attached to an aromatic ring is 2. The van der Waals surface area contributed by atoms with Crippen LogP contribution < -0.4 is 20.9 Å². The highest BCUT2D eigenvalue weighted by atomic mass is 16.5. The summed E-state index contributed by atoms with van der Waals surface area (Å²) in [6.07, 6.45) is 19.2. The normalized spacial score (nSPS) is 27.7. The zero-order chi connectivity index (χ0) is 44.8. The van der Waals surface area contributed by atoms with Crippen molar-refractivity contribution in [3.8, 4) is 11.5 Å². The third kappa shape index (κ3) is 10.6. The minimum absolute atomic E-state index is 0.0466. The number of rotatable bonds is 15. The molecule has 63 heavy (non-hydrogen) atoms. The summed E-state index contributed by atoms with van der Waals surface area (Å²) < 4.78 is 12.6. The molecule has 0 radical (unpaired) electrons. The van der Waals surface area contributed by atoms with Gasteiger partial charge < -0.3 is 20.9 Å². The molecule has 4 aromatic carbocycles. The molecule has 0 aromatic heterocycles. The van der Waals surface area contributed by atoms with Crippen LogP contribution in [-0.2, 0) is 18.6 Å². The van der Waals surface area contributed by atoms with Gasteiger partial charge in [-0.25, -0.2) is 0 Å². The topological polar surface area (TPSA) is 70.5 Å². The fourth-order valence-corrected chi connectivity index (χ4v) is 13.9. The van der Waals surface area contributed by atoms with Crippen molar-refractivity contribution in [3.63, 3.8) is 0 Å². The van der Waals surface area contributed by atoms with Crippen molar-refractivity contribution in [2.24, 2.45) is 58.2 Å². The summed E-state index contributed by atoms with van der Waals surface area (Å²) in [5.74, 6) is 8.71. The van der Waals surface area contributed by atoms with E-state index in [1.807, 2.05) is 48.5 Å². The summed E-state index contributed by atoms with van der Waals surface area (Å²) in [5.41, 5.74) is 19.4. The van der Waals surface area contributed by atoms with Gasteiger partial charge in [0, 0.05) is 16.8 Å². The molecule has 4 saturated carbocycles. The van der Waals surface area contributed by atoms with Gasteiger partial charge in [-0.05, 0) is 187 Å².